The number of carbonyl (C=O) groups is 1. The molecule has 0 aromatic carbocycles. The van der Waals surface area contributed by atoms with Crippen LogP contribution in [0, 0.1) is 12.8 Å². The van der Waals surface area contributed by atoms with Gasteiger partial charge in [-0.3, -0.25) is 9.48 Å². The first-order valence-corrected chi connectivity index (χ1v) is 6.03. The van der Waals surface area contributed by atoms with Crippen LogP contribution in [-0.2, 0) is 17.5 Å². The molecule has 19 heavy (non-hydrogen) atoms. The number of aryl methyl sites for hydroxylation is 1. The molecule has 1 aromatic rings. The van der Waals surface area contributed by atoms with E-state index in [2.05, 4.69) is 10.4 Å². The highest BCUT2D eigenvalue weighted by molar-refractivity contribution is 5.78. The summed E-state index contributed by atoms with van der Waals surface area (Å²) in [5.74, 6) is -0.638. The molecular formula is C12H18F3N3O. The fourth-order valence-electron chi connectivity index (χ4n) is 1.60. The number of carbonyl (C=O) groups excluding carboxylic acids is 1. The SMILES string of the molecule is Cc1cc(C(F)(F)F)nn1CC(C)C(=O)NC(C)C. The summed E-state index contributed by atoms with van der Waals surface area (Å²) in [7, 11) is 0. The summed E-state index contributed by atoms with van der Waals surface area (Å²) in [6.45, 7) is 6.97. The highest BCUT2D eigenvalue weighted by atomic mass is 19.4. The fourth-order valence-corrected chi connectivity index (χ4v) is 1.60. The van der Waals surface area contributed by atoms with Crippen LogP contribution >= 0.6 is 0 Å². The van der Waals surface area contributed by atoms with Gasteiger partial charge < -0.3 is 5.32 Å². The van der Waals surface area contributed by atoms with Crippen molar-refractivity contribution >= 4 is 5.91 Å². The molecule has 1 unspecified atom stereocenters. The van der Waals surface area contributed by atoms with Crippen LogP contribution in [0.2, 0.25) is 0 Å². The van der Waals surface area contributed by atoms with Crippen LogP contribution in [0.15, 0.2) is 6.07 Å². The number of rotatable bonds is 4. The van der Waals surface area contributed by atoms with E-state index in [-0.39, 0.29) is 18.5 Å². The summed E-state index contributed by atoms with van der Waals surface area (Å²) in [6.07, 6.45) is -4.46. The average molecular weight is 277 g/mol. The van der Waals surface area contributed by atoms with E-state index in [4.69, 9.17) is 0 Å². The maximum absolute atomic E-state index is 12.5. The minimum absolute atomic E-state index is 0.000551. The van der Waals surface area contributed by atoms with Crippen LogP contribution in [0.5, 0.6) is 0 Å². The molecule has 1 N–H and O–H groups in total. The van der Waals surface area contributed by atoms with E-state index in [1.165, 1.54) is 11.6 Å². The van der Waals surface area contributed by atoms with Gasteiger partial charge in [0.05, 0.1) is 12.5 Å². The second kappa shape index (κ2) is 5.63. The zero-order valence-electron chi connectivity index (χ0n) is 11.4. The molecule has 1 atom stereocenters. The highest BCUT2D eigenvalue weighted by Gasteiger charge is 2.34. The van der Waals surface area contributed by atoms with E-state index in [9.17, 15) is 18.0 Å². The van der Waals surface area contributed by atoms with Crippen molar-refractivity contribution in [3.8, 4) is 0 Å². The summed E-state index contributed by atoms with van der Waals surface area (Å²) in [5.41, 5.74) is -0.544. The molecule has 0 aliphatic rings. The Balaban J connectivity index is 2.77. The van der Waals surface area contributed by atoms with Crippen molar-refractivity contribution in [1.82, 2.24) is 15.1 Å². The van der Waals surface area contributed by atoms with Crippen molar-refractivity contribution in [3.63, 3.8) is 0 Å². The average Bonchev–Trinajstić information content (AvgIpc) is 2.58. The molecule has 108 valence electrons. The standard InChI is InChI=1S/C12H18F3N3O/c1-7(2)16-11(19)8(3)6-18-9(4)5-10(17-18)12(13,14)15/h5,7-8H,6H2,1-4H3,(H,16,19). The molecule has 0 fully saturated rings. The zero-order valence-corrected chi connectivity index (χ0v) is 11.4. The molecule has 0 saturated heterocycles. The quantitative estimate of drug-likeness (QED) is 0.918. The molecule has 7 heteroatoms. The number of nitrogens with zero attached hydrogens (tertiary/aromatic N) is 2. The minimum Gasteiger partial charge on any atom is -0.354 e. The van der Waals surface area contributed by atoms with E-state index < -0.39 is 17.8 Å². The Bertz CT molecular complexity index is 452. The Labute approximate surface area is 110 Å². The van der Waals surface area contributed by atoms with Crippen LogP contribution in [0.25, 0.3) is 0 Å². The van der Waals surface area contributed by atoms with Gasteiger partial charge >= 0.3 is 6.18 Å². The first-order valence-electron chi connectivity index (χ1n) is 6.03. The Morgan fingerprint density at radius 1 is 1.42 bits per heavy atom. The first kappa shape index (κ1) is 15.5. The van der Waals surface area contributed by atoms with Gasteiger partial charge in [-0.05, 0) is 26.8 Å². The third-order valence-electron chi connectivity index (χ3n) is 2.60. The molecule has 0 aliphatic heterocycles. The van der Waals surface area contributed by atoms with Crippen molar-refractivity contribution in [2.45, 2.75) is 46.5 Å². The van der Waals surface area contributed by atoms with Gasteiger partial charge in [-0.1, -0.05) is 6.92 Å². The van der Waals surface area contributed by atoms with Crippen LogP contribution in [0.3, 0.4) is 0 Å². The van der Waals surface area contributed by atoms with E-state index in [1.54, 1.807) is 6.92 Å². The first-order chi connectivity index (χ1) is 8.61. The van der Waals surface area contributed by atoms with Gasteiger partial charge in [0.15, 0.2) is 5.69 Å². The van der Waals surface area contributed by atoms with Crippen LogP contribution in [0.1, 0.15) is 32.2 Å². The van der Waals surface area contributed by atoms with E-state index in [1.807, 2.05) is 13.8 Å². The fraction of sp³-hybridized carbons (Fsp3) is 0.667. The van der Waals surface area contributed by atoms with E-state index in [0.29, 0.717) is 5.69 Å². The van der Waals surface area contributed by atoms with Gasteiger partial charge in [-0.25, -0.2) is 0 Å². The largest absolute Gasteiger partial charge is 0.435 e. The molecule has 0 saturated carbocycles. The van der Waals surface area contributed by atoms with Crippen molar-refractivity contribution in [1.29, 1.82) is 0 Å². The lowest BCUT2D eigenvalue weighted by Gasteiger charge is -2.15. The highest BCUT2D eigenvalue weighted by Crippen LogP contribution is 2.28. The van der Waals surface area contributed by atoms with Gasteiger partial charge in [0, 0.05) is 11.7 Å². The predicted molar refractivity (Wildman–Crippen MR) is 64.4 cm³/mol. The molecular weight excluding hydrogens is 259 g/mol. The number of amides is 1. The van der Waals surface area contributed by atoms with E-state index in [0.717, 1.165) is 6.07 Å². The second-order valence-electron chi connectivity index (χ2n) is 4.92. The third kappa shape index (κ3) is 4.25. The lowest BCUT2D eigenvalue weighted by molar-refractivity contribution is -0.141. The number of hydrogen-bond acceptors (Lipinski definition) is 2. The summed E-state index contributed by atoms with van der Waals surface area (Å²) in [5, 5.41) is 6.21. The topological polar surface area (TPSA) is 46.9 Å². The number of hydrogen-bond donors (Lipinski definition) is 1. The van der Waals surface area contributed by atoms with Crippen molar-refractivity contribution in [2.75, 3.05) is 0 Å². The molecule has 1 amide bonds. The Morgan fingerprint density at radius 3 is 2.42 bits per heavy atom. The van der Waals surface area contributed by atoms with Crippen molar-refractivity contribution in [2.24, 2.45) is 5.92 Å². The van der Waals surface area contributed by atoms with Gasteiger partial charge in [0.25, 0.3) is 0 Å². The Morgan fingerprint density at radius 2 is 2.00 bits per heavy atom. The van der Waals surface area contributed by atoms with Gasteiger partial charge in [-0.15, -0.1) is 0 Å². The number of alkyl halides is 3. The Hall–Kier alpha value is -1.53. The molecule has 1 heterocycles. The number of halogens is 3. The summed E-state index contributed by atoms with van der Waals surface area (Å²) in [4.78, 5) is 11.7. The number of aromatic nitrogens is 2. The van der Waals surface area contributed by atoms with Gasteiger partial charge in [0.1, 0.15) is 0 Å². The summed E-state index contributed by atoms with van der Waals surface area (Å²) >= 11 is 0. The van der Waals surface area contributed by atoms with Crippen molar-refractivity contribution < 1.29 is 18.0 Å². The van der Waals surface area contributed by atoms with Crippen LogP contribution in [-0.4, -0.2) is 21.7 Å². The number of nitrogens with one attached hydrogen (secondary N) is 1. The second-order valence-corrected chi connectivity index (χ2v) is 4.92. The lowest BCUT2D eigenvalue weighted by Crippen LogP contribution is -2.36. The summed E-state index contributed by atoms with van der Waals surface area (Å²) in [6, 6.07) is 0.979. The minimum atomic E-state index is -4.46. The molecule has 4 nitrogen and oxygen atoms in total. The zero-order chi connectivity index (χ0) is 14.8. The van der Waals surface area contributed by atoms with Gasteiger partial charge in [0.2, 0.25) is 5.91 Å². The molecule has 0 bridgehead atoms. The normalized spacial score (nSPS) is 13.7. The molecule has 0 radical (unpaired) electrons. The smallest absolute Gasteiger partial charge is 0.354 e. The van der Waals surface area contributed by atoms with Crippen LogP contribution in [0.4, 0.5) is 13.2 Å². The molecule has 0 spiro atoms. The maximum Gasteiger partial charge on any atom is 0.435 e. The van der Waals surface area contributed by atoms with Gasteiger partial charge in [-0.2, -0.15) is 18.3 Å². The lowest BCUT2D eigenvalue weighted by atomic mass is 10.1. The maximum atomic E-state index is 12.5. The Kier molecular flexibility index (Phi) is 4.60. The van der Waals surface area contributed by atoms with E-state index >= 15 is 0 Å². The predicted octanol–water partition coefficient (Wildman–Crippen LogP) is 2.37. The van der Waals surface area contributed by atoms with Crippen molar-refractivity contribution in [3.05, 3.63) is 17.5 Å². The van der Waals surface area contributed by atoms with Crippen LogP contribution < -0.4 is 5.32 Å². The third-order valence-corrected chi connectivity index (χ3v) is 2.60. The molecule has 1 rings (SSSR count). The monoisotopic (exact) mass is 277 g/mol. The summed E-state index contributed by atoms with van der Waals surface area (Å²) < 4.78 is 38.7. The molecule has 1 aromatic heterocycles. The molecule has 0 aliphatic carbocycles.